The van der Waals surface area contributed by atoms with Gasteiger partial charge in [-0.3, -0.25) is 0 Å². The molecule has 0 bridgehead atoms. The molecule has 9 heteroatoms. The van der Waals surface area contributed by atoms with Gasteiger partial charge in [0.1, 0.15) is 11.4 Å². The third kappa shape index (κ3) is 3.04. The van der Waals surface area contributed by atoms with Crippen molar-refractivity contribution >= 4 is 9.84 Å². The van der Waals surface area contributed by atoms with E-state index in [1.807, 2.05) is 22.9 Å². The lowest BCUT2D eigenvalue weighted by Crippen LogP contribution is -2.06. The minimum atomic E-state index is -3.48. The first-order chi connectivity index (χ1) is 11.0. The number of nitrogens with zero attached hydrogens (tertiary/aromatic N) is 5. The second-order valence-corrected chi connectivity index (χ2v) is 6.66. The summed E-state index contributed by atoms with van der Waals surface area (Å²) < 4.78 is 30.0. The first-order valence-electron chi connectivity index (χ1n) is 6.55. The highest BCUT2D eigenvalue weighted by Crippen LogP contribution is 2.30. The highest BCUT2D eigenvalue weighted by Gasteiger charge is 2.14. The van der Waals surface area contributed by atoms with Crippen LogP contribution in [0.5, 0.6) is 5.75 Å². The fourth-order valence-electron chi connectivity index (χ4n) is 2.02. The third-order valence-corrected chi connectivity index (χ3v) is 3.99. The van der Waals surface area contributed by atoms with Gasteiger partial charge in [0.15, 0.2) is 0 Å². The van der Waals surface area contributed by atoms with Crippen molar-refractivity contribution in [2.75, 3.05) is 13.4 Å². The molecule has 2 heterocycles. The molecule has 3 aromatic rings. The van der Waals surface area contributed by atoms with E-state index in [0.29, 0.717) is 17.0 Å². The molecular formula is C14H13N5O3S. The molecule has 8 nitrogen and oxygen atoms in total. The van der Waals surface area contributed by atoms with E-state index >= 15 is 0 Å². The molecule has 0 atom stereocenters. The molecule has 0 saturated heterocycles. The van der Waals surface area contributed by atoms with Crippen molar-refractivity contribution in [3.05, 3.63) is 43.1 Å². The number of hydrogen-bond acceptors (Lipinski definition) is 7. The average molecular weight is 331 g/mol. The van der Waals surface area contributed by atoms with Gasteiger partial charge in [0.05, 0.1) is 25.3 Å². The van der Waals surface area contributed by atoms with Gasteiger partial charge in [0.2, 0.25) is 9.84 Å². The van der Waals surface area contributed by atoms with Crippen LogP contribution in [0, 0.1) is 0 Å². The standard InChI is InChI=1S/C14H13N5O3S/c1-22-13-7-10(19-6-5-15-9-19)3-4-11(13)12-8-16-14(18-17-12)23(2,20)21/h3-9H,1-2H3. The summed E-state index contributed by atoms with van der Waals surface area (Å²) >= 11 is 0. The second-order valence-electron chi connectivity index (χ2n) is 4.75. The lowest BCUT2D eigenvalue weighted by molar-refractivity contribution is 0.416. The van der Waals surface area contributed by atoms with Gasteiger partial charge in [-0.05, 0) is 12.1 Å². The number of methoxy groups -OCH3 is 1. The number of imidazole rings is 1. The van der Waals surface area contributed by atoms with Crippen molar-refractivity contribution in [2.45, 2.75) is 5.16 Å². The summed E-state index contributed by atoms with van der Waals surface area (Å²) in [6.07, 6.45) is 7.56. The Bertz CT molecular complexity index is 922. The van der Waals surface area contributed by atoms with E-state index < -0.39 is 9.84 Å². The van der Waals surface area contributed by atoms with Crippen LogP contribution in [0.1, 0.15) is 0 Å². The highest BCUT2D eigenvalue weighted by molar-refractivity contribution is 7.90. The zero-order valence-corrected chi connectivity index (χ0v) is 13.2. The minimum Gasteiger partial charge on any atom is -0.496 e. The van der Waals surface area contributed by atoms with Crippen LogP contribution in [-0.4, -0.2) is 46.5 Å². The van der Waals surface area contributed by atoms with E-state index in [1.54, 1.807) is 25.7 Å². The van der Waals surface area contributed by atoms with Gasteiger partial charge in [0.25, 0.3) is 5.16 Å². The van der Waals surface area contributed by atoms with Crippen LogP contribution in [0.25, 0.3) is 16.9 Å². The van der Waals surface area contributed by atoms with E-state index in [-0.39, 0.29) is 5.16 Å². The molecule has 0 N–H and O–H groups in total. The van der Waals surface area contributed by atoms with Crippen LogP contribution in [0.3, 0.4) is 0 Å². The summed E-state index contributed by atoms with van der Waals surface area (Å²) in [6, 6.07) is 5.49. The number of aromatic nitrogens is 5. The van der Waals surface area contributed by atoms with Crippen molar-refractivity contribution in [2.24, 2.45) is 0 Å². The maximum atomic E-state index is 11.4. The summed E-state index contributed by atoms with van der Waals surface area (Å²) in [7, 11) is -1.94. The zero-order valence-electron chi connectivity index (χ0n) is 12.4. The molecule has 0 spiro atoms. The van der Waals surface area contributed by atoms with Crippen LogP contribution in [0.15, 0.2) is 48.3 Å². The first-order valence-corrected chi connectivity index (χ1v) is 8.44. The second kappa shape index (κ2) is 5.76. The summed E-state index contributed by atoms with van der Waals surface area (Å²) in [6.45, 7) is 0. The van der Waals surface area contributed by atoms with Crippen LogP contribution in [-0.2, 0) is 9.84 Å². The molecule has 0 aliphatic rings. The smallest absolute Gasteiger partial charge is 0.267 e. The fourth-order valence-corrected chi connectivity index (χ4v) is 2.46. The summed E-state index contributed by atoms with van der Waals surface area (Å²) in [5.41, 5.74) is 1.96. The predicted octanol–water partition coefficient (Wildman–Crippen LogP) is 1.14. The topological polar surface area (TPSA) is 99.9 Å². The summed E-state index contributed by atoms with van der Waals surface area (Å²) in [5.74, 6) is 0.569. The molecule has 118 valence electrons. The molecule has 0 unspecified atom stereocenters. The van der Waals surface area contributed by atoms with Gasteiger partial charge in [-0.15, -0.1) is 10.2 Å². The Labute approximate surface area is 132 Å². The van der Waals surface area contributed by atoms with Crippen molar-refractivity contribution in [1.29, 1.82) is 0 Å². The molecule has 23 heavy (non-hydrogen) atoms. The van der Waals surface area contributed by atoms with Crippen molar-refractivity contribution in [3.63, 3.8) is 0 Å². The largest absolute Gasteiger partial charge is 0.496 e. The monoisotopic (exact) mass is 331 g/mol. The van der Waals surface area contributed by atoms with Crippen LogP contribution in [0.2, 0.25) is 0 Å². The Morgan fingerprint density at radius 1 is 1.22 bits per heavy atom. The normalized spacial score (nSPS) is 11.4. The number of hydrogen-bond donors (Lipinski definition) is 0. The van der Waals surface area contributed by atoms with Crippen LogP contribution in [0.4, 0.5) is 0 Å². The molecule has 0 radical (unpaired) electrons. The van der Waals surface area contributed by atoms with Crippen molar-refractivity contribution in [3.8, 4) is 22.7 Å². The van der Waals surface area contributed by atoms with Crippen molar-refractivity contribution < 1.29 is 13.2 Å². The highest BCUT2D eigenvalue weighted by atomic mass is 32.2. The minimum absolute atomic E-state index is 0.310. The maximum absolute atomic E-state index is 11.4. The lowest BCUT2D eigenvalue weighted by Gasteiger charge is -2.10. The van der Waals surface area contributed by atoms with Crippen molar-refractivity contribution in [1.82, 2.24) is 24.7 Å². The number of benzene rings is 1. The average Bonchev–Trinajstić information content (AvgIpc) is 3.08. The van der Waals surface area contributed by atoms with Gasteiger partial charge in [-0.1, -0.05) is 0 Å². The Hall–Kier alpha value is -2.81. The summed E-state index contributed by atoms with van der Waals surface area (Å²) in [5, 5.41) is 7.27. The number of sulfone groups is 1. The molecular weight excluding hydrogens is 318 g/mol. The fraction of sp³-hybridized carbons (Fsp3) is 0.143. The third-order valence-electron chi connectivity index (χ3n) is 3.14. The van der Waals surface area contributed by atoms with Crippen LogP contribution < -0.4 is 4.74 Å². The van der Waals surface area contributed by atoms with E-state index in [4.69, 9.17) is 4.74 Å². The molecule has 3 rings (SSSR count). The Morgan fingerprint density at radius 3 is 2.61 bits per heavy atom. The number of rotatable bonds is 4. The van der Waals surface area contributed by atoms with E-state index in [0.717, 1.165) is 11.9 Å². The van der Waals surface area contributed by atoms with E-state index in [1.165, 1.54) is 6.20 Å². The first kappa shape index (κ1) is 15.1. The molecule has 0 saturated carbocycles. The molecule has 0 fully saturated rings. The quantitative estimate of drug-likeness (QED) is 0.706. The SMILES string of the molecule is COc1cc(-n2ccnc2)ccc1-c1cnc(S(C)(=O)=O)nn1. The Morgan fingerprint density at radius 2 is 2.04 bits per heavy atom. The summed E-state index contributed by atoms with van der Waals surface area (Å²) in [4.78, 5) is 7.84. The van der Waals surface area contributed by atoms with Gasteiger partial charge in [-0.2, -0.15) is 0 Å². The molecule has 0 aliphatic heterocycles. The van der Waals surface area contributed by atoms with E-state index in [9.17, 15) is 8.42 Å². The van der Waals surface area contributed by atoms with E-state index in [2.05, 4.69) is 20.2 Å². The molecule has 2 aromatic heterocycles. The van der Waals surface area contributed by atoms with Gasteiger partial charge in [-0.25, -0.2) is 18.4 Å². The molecule has 0 aliphatic carbocycles. The van der Waals surface area contributed by atoms with Gasteiger partial charge in [0, 0.05) is 30.3 Å². The predicted molar refractivity (Wildman–Crippen MR) is 82.0 cm³/mol. The van der Waals surface area contributed by atoms with Gasteiger partial charge >= 0.3 is 0 Å². The molecule has 1 aromatic carbocycles. The number of ether oxygens (including phenoxy) is 1. The zero-order chi connectivity index (χ0) is 16.4. The van der Waals surface area contributed by atoms with Crippen LogP contribution >= 0.6 is 0 Å². The Balaban J connectivity index is 2.03. The lowest BCUT2D eigenvalue weighted by atomic mass is 10.1. The molecule has 0 amide bonds. The Kier molecular flexibility index (Phi) is 3.78. The maximum Gasteiger partial charge on any atom is 0.267 e. The van der Waals surface area contributed by atoms with Gasteiger partial charge < -0.3 is 9.30 Å².